The van der Waals surface area contributed by atoms with E-state index in [1.54, 1.807) is 6.33 Å². The van der Waals surface area contributed by atoms with Gasteiger partial charge in [0.2, 0.25) is 5.91 Å². The van der Waals surface area contributed by atoms with Gasteiger partial charge in [0.15, 0.2) is 0 Å². The third-order valence-corrected chi connectivity index (χ3v) is 2.90. The van der Waals surface area contributed by atoms with Crippen molar-refractivity contribution in [2.24, 2.45) is 5.92 Å². The van der Waals surface area contributed by atoms with Gasteiger partial charge in [-0.05, 0) is 12.3 Å². The van der Waals surface area contributed by atoms with Crippen LogP contribution in [-0.4, -0.2) is 32.1 Å². The molecule has 0 atom stereocenters. The van der Waals surface area contributed by atoms with Crippen LogP contribution in [0.5, 0.6) is 0 Å². The van der Waals surface area contributed by atoms with Crippen molar-refractivity contribution in [3.8, 4) is 0 Å². The molecule has 0 radical (unpaired) electrons. The third kappa shape index (κ3) is 2.40. The molecule has 0 spiro atoms. The predicted molar refractivity (Wildman–Crippen MR) is 59.5 cm³/mol. The van der Waals surface area contributed by atoms with E-state index < -0.39 is 0 Å². The number of aromatic nitrogens is 3. The van der Waals surface area contributed by atoms with Gasteiger partial charge in [-0.1, -0.05) is 13.8 Å². The predicted octanol–water partition coefficient (Wildman–Crippen LogP) is 1.06. The first kappa shape index (κ1) is 11.1. The average Bonchev–Trinajstić information content (AvgIpc) is 2.72. The molecule has 5 nitrogen and oxygen atoms in total. The highest BCUT2D eigenvalue weighted by molar-refractivity contribution is 5.76. The lowest BCUT2D eigenvalue weighted by molar-refractivity contribution is -0.133. The number of fused-ring (bicyclic) bond motifs is 1. The molecule has 0 saturated heterocycles. The van der Waals surface area contributed by atoms with Gasteiger partial charge in [-0.15, -0.1) is 0 Å². The molecule has 16 heavy (non-hydrogen) atoms. The van der Waals surface area contributed by atoms with Crippen LogP contribution in [0.1, 0.15) is 32.5 Å². The fourth-order valence-corrected chi connectivity index (χ4v) is 1.85. The maximum absolute atomic E-state index is 11.9. The molecule has 0 bridgehead atoms. The van der Waals surface area contributed by atoms with Crippen LogP contribution in [0.4, 0.5) is 0 Å². The van der Waals surface area contributed by atoms with E-state index >= 15 is 0 Å². The minimum Gasteiger partial charge on any atom is -0.333 e. The zero-order chi connectivity index (χ0) is 11.5. The molecule has 88 valence electrons. The Morgan fingerprint density at radius 3 is 3.06 bits per heavy atom. The normalized spacial score (nSPS) is 15.3. The maximum Gasteiger partial charge on any atom is 0.223 e. The van der Waals surface area contributed by atoms with Crippen LogP contribution in [0.15, 0.2) is 6.33 Å². The van der Waals surface area contributed by atoms with Gasteiger partial charge in [0.1, 0.15) is 12.2 Å². The van der Waals surface area contributed by atoms with Gasteiger partial charge in [0, 0.05) is 13.0 Å². The summed E-state index contributed by atoms with van der Waals surface area (Å²) in [5, 5.41) is 4.09. The number of hydrogen-bond donors (Lipinski definition) is 0. The zero-order valence-corrected chi connectivity index (χ0v) is 9.89. The lowest BCUT2D eigenvalue weighted by atomic mass is 10.1. The van der Waals surface area contributed by atoms with Crippen molar-refractivity contribution in [3.05, 3.63) is 12.2 Å². The van der Waals surface area contributed by atoms with E-state index in [2.05, 4.69) is 23.9 Å². The molecular weight excluding hydrogens is 204 g/mol. The highest BCUT2D eigenvalue weighted by Crippen LogP contribution is 2.12. The van der Waals surface area contributed by atoms with E-state index in [4.69, 9.17) is 0 Å². The molecule has 2 heterocycles. The number of hydrogen-bond acceptors (Lipinski definition) is 3. The summed E-state index contributed by atoms with van der Waals surface area (Å²) in [5.41, 5.74) is 0. The van der Waals surface area contributed by atoms with Crippen molar-refractivity contribution in [1.82, 2.24) is 19.7 Å². The first-order chi connectivity index (χ1) is 7.66. The quantitative estimate of drug-likeness (QED) is 0.768. The number of amides is 1. The molecule has 1 aromatic rings. The SMILES string of the molecule is CC(C)CCC(=O)N1CCn2ncnc2C1. The van der Waals surface area contributed by atoms with Gasteiger partial charge in [-0.25, -0.2) is 9.67 Å². The number of nitrogens with zero attached hydrogens (tertiary/aromatic N) is 4. The Morgan fingerprint density at radius 2 is 2.31 bits per heavy atom. The third-order valence-electron chi connectivity index (χ3n) is 2.90. The Labute approximate surface area is 95.5 Å². The van der Waals surface area contributed by atoms with Gasteiger partial charge in [0.25, 0.3) is 0 Å². The molecule has 0 N–H and O–H groups in total. The number of carbonyl (C=O) groups excluding carboxylic acids is 1. The van der Waals surface area contributed by atoms with E-state index in [-0.39, 0.29) is 5.91 Å². The highest BCUT2D eigenvalue weighted by atomic mass is 16.2. The lowest BCUT2D eigenvalue weighted by Crippen LogP contribution is -2.38. The summed E-state index contributed by atoms with van der Waals surface area (Å²) in [5.74, 6) is 1.71. The summed E-state index contributed by atoms with van der Waals surface area (Å²) in [6.45, 7) is 6.41. The number of rotatable bonds is 3. The van der Waals surface area contributed by atoms with Crippen molar-refractivity contribution in [1.29, 1.82) is 0 Å². The second kappa shape index (κ2) is 4.63. The molecule has 5 heteroatoms. The van der Waals surface area contributed by atoms with E-state index in [0.29, 0.717) is 18.9 Å². The van der Waals surface area contributed by atoms with Crippen LogP contribution < -0.4 is 0 Å². The fourth-order valence-electron chi connectivity index (χ4n) is 1.85. The first-order valence-electron chi connectivity index (χ1n) is 5.81. The van der Waals surface area contributed by atoms with Crippen molar-refractivity contribution < 1.29 is 4.79 Å². The fraction of sp³-hybridized carbons (Fsp3) is 0.727. The highest BCUT2D eigenvalue weighted by Gasteiger charge is 2.21. The second-order valence-electron chi connectivity index (χ2n) is 4.65. The van der Waals surface area contributed by atoms with Gasteiger partial charge < -0.3 is 4.90 Å². The molecule has 1 aliphatic heterocycles. The van der Waals surface area contributed by atoms with Crippen molar-refractivity contribution in [2.45, 2.75) is 39.8 Å². The van der Waals surface area contributed by atoms with E-state index in [0.717, 1.165) is 25.3 Å². The van der Waals surface area contributed by atoms with Crippen LogP contribution in [0.3, 0.4) is 0 Å². The minimum absolute atomic E-state index is 0.239. The van der Waals surface area contributed by atoms with E-state index in [9.17, 15) is 4.79 Å². The molecule has 0 unspecified atom stereocenters. The minimum atomic E-state index is 0.239. The zero-order valence-electron chi connectivity index (χ0n) is 9.89. The number of carbonyl (C=O) groups is 1. The van der Waals surface area contributed by atoms with Crippen LogP contribution in [-0.2, 0) is 17.9 Å². The molecule has 1 amide bonds. The van der Waals surface area contributed by atoms with Gasteiger partial charge >= 0.3 is 0 Å². The summed E-state index contributed by atoms with van der Waals surface area (Å²) < 4.78 is 1.87. The standard InChI is InChI=1S/C11H18N4O/c1-9(2)3-4-11(16)14-5-6-15-10(7-14)12-8-13-15/h8-9H,3-7H2,1-2H3. The summed E-state index contributed by atoms with van der Waals surface area (Å²) in [4.78, 5) is 17.9. The monoisotopic (exact) mass is 222 g/mol. The first-order valence-corrected chi connectivity index (χ1v) is 5.81. The Morgan fingerprint density at radius 1 is 1.50 bits per heavy atom. The van der Waals surface area contributed by atoms with Gasteiger partial charge in [0.05, 0.1) is 13.1 Å². The molecule has 0 aliphatic carbocycles. The van der Waals surface area contributed by atoms with Crippen LogP contribution in [0, 0.1) is 5.92 Å². The van der Waals surface area contributed by atoms with Gasteiger partial charge in [-0.2, -0.15) is 5.10 Å². The molecular formula is C11H18N4O. The topological polar surface area (TPSA) is 51.0 Å². The van der Waals surface area contributed by atoms with Crippen molar-refractivity contribution in [2.75, 3.05) is 6.54 Å². The molecule has 0 fully saturated rings. The molecule has 0 aromatic carbocycles. The van der Waals surface area contributed by atoms with Crippen molar-refractivity contribution in [3.63, 3.8) is 0 Å². The molecule has 2 rings (SSSR count). The summed E-state index contributed by atoms with van der Waals surface area (Å²) in [7, 11) is 0. The van der Waals surface area contributed by atoms with E-state index in [1.165, 1.54) is 0 Å². The molecule has 0 saturated carbocycles. The lowest BCUT2D eigenvalue weighted by Gasteiger charge is -2.27. The van der Waals surface area contributed by atoms with Crippen LogP contribution in [0.25, 0.3) is 0 Å². The Hall–Kier alpha value is -1.39. The summed E-state index contributed by atoms with van der Waals surface area (Å²) >= 11 is 0. The van der Waals surface area contributed by atoms with Crippen molar-refractivity contribution >= 4 is 5.91 Å². The van der Waals surface area contributed by atoms with Crippen LogP contribution in [0.2, 0.25) is 0 Å². The second-order valence-corrected chi connectivity index (χ2v) is 4.65. The average molecular weight is 222 g/mol. The molecule has 1 aliphatic rings. The molecule has 1 aromatic heterocycles. The summed E-state index contributed by atoms with van der Waals surface area (Å²) in [6.07, 6.45) is 3.16. The van der Waals surface area contributed by atoms with Crippen LogP contribution >= 0.6 is 0 Å². The largest absolute Gasteiger partial charge is 0.333 e. The van der Waals surface area contributed by atoms with E-state index in [1.807, 2.05) is 9.58 Å². The smallest absolute Gasteiger partial charge is 0.223 e. The Balaban J connectivity index is 1.90. The summed E-state index contributed by atoms with van der Waals surface area (Å²) in [6, 6.07) is 0. The maximum atomic E-state index is 11.9. The Kier molecular flexibility index (Phi) is 3.22. The van der Waals surface area contributed by atoms with Gasteiger partial charge in [-0.3, -0.25) is 4.79 Å². The Bertz CT molecular complexity index is 372.